The Morgan fingerprint density at radius 2 is 1.26 bits per heavy atom. The molecule has 365 valence electrons. The maximum absolute atomic E-state index is 15.0. The van der Waals surface area contributed by atoms with Crippen molar-refractivity contribution in [2.75, 3.05) is 0 Å². The smallest absolute Gasteiger partial charge is 0 e. The summed E-state index contributed by atoms with van der Waals surface area (Å²) >= 11 is -2.10. The predicted molar refractivity (Wildman–Crippen MR) is 300 cm³/mol. The van der Waals surface area contributed by atoms with Crippen molar-refractivity contribution in [3.8, 4) is 72.8 Å². The number of rotatable bonds is 9. The molecule has 0 unspecified atom stereocenters. The Labute approximate surface area is 448 Å². The van der Waals surface area contributed by atoms with Crippen molar-refractivity contribution in [3.05, 3.63) is 242 Å². The van der Waals surface area contributed by atoms with Crippen LogP contribution in [0.25, 0.3) is 106 Å². The Hall–Kier alpha value is -7.55. The molecule has 12 aromatic rings. The van der Waals surface area contributed by atoms with Crippen molar-refractivity contribution in [1.29, 1.82) is 0 Å². The zero-order valence-electron chi connectivity index (χ0n) is 42.5. The Kier molecular flexibility index (Phi) is 13.9. The predicted octanol–water partition coefficient (Wildman–Crippen LogP) is 17.6. The minimum atomic E-state index is -2.10. The van der Waals surface area contributed by atoms with Crippen molar-refractivity contribution < 1.29 is 34.7 Å². The fraction of sp³-hybridized carbons (Fsp3) is 0.0909. The number of hydrogen-bond acceptors (Lipinski definition) is 3. The van der Waals surface area contributed by atoms with Crippen molar-refractivity contribution >= 4 is 50.6 Å². The van der Waals surface area contributed by atoms with E-state index >= 15 is 0 Å². The van der Waals surface area contributed by atoms with Crippen molar-refractivity contribution in [1.82, 2.24) is 14.5 Å². The molecule has 3 heterocycles. The average Bonchev–Trinajstić information content (AvgIpc) is 4.00. The molecule has 0 amide bonds. The zero-order valence-corrected chi connectivity index (χ0v) is 46.0. The van der Waals surface area contributed by atoms with E-state index in [1.807, 2.05) is 105 Å². The van der Waals surface area contributed by atoms with Crippen LogP contribution in [0.15, 0.2) is 217 Å². The molecule has 9 aromatic carbocycles. The standard InChI is InChI=1S/C49H30FN2O.C17H21FGeN.Ir/c50-42-21-11-10-20-37(42)36-24-26-39-46(31-36)53-48-40(28-27-38(47(39)48)33-16-6-2-7-17-33)49-51-43-22-12-13-23-45(43)52(49)44-29-25-35(32-14-4-1-5-15-32)30-41(44)34-18-8-3-9-19-34;1-12(2)15-10-17(13-6-8-14(18)9-7-13)20-11-16(15)19(3,4)5;/h1-27,29-31H;6,8-12H,1-5H3;/q2*-1;/i;12D;. The van der Waals surface area contributed by atoms with Gasteiger partial charge in [-0.2, -0.15) is 0 Å². The van der Waals surface area contributed by atoms with E-state index in [1.54, 1.807) is 18.2 Å². The van der Waals surface area contributed by atoms with Gasteiger partial charge in [0.15, 0.2) is 0 Å². The van der Waals surface area contributed by atoms with Gasteiger partial charge in [-0.1, -0.05) is 156 Å². The van der Waals surface area contributed by atoms with Gasteiger partial charge in [0.1, 0.15) is 11.4 Å². The number of pyridine rings is 1. The fourth-order valence-electron chi connectivity index (χ4n) is 9.70. The molecule has 1 radical (unpaired) electrons. The van der Waals surface area contributed by atoms with E-state index in [1.165, 1.54) is 22.6 Å². The molecule has 12 rings (SSSR count). The van der Waals surface area contributed by atoms with Crippen LogP contribution in [0.2, 0.25) is 17.3 Å². The Morgan fingerprint density at radius 1 is 0.608 bits per heavy atom. The van der Waals surface area contributed by atoms with Gasteiger partial charge >= 0.3 is 125 Å². The molecule has 0 aliphatic rings. The first kappa shape index (κ1) is 48.7. The molecule has 8 heteroatoms. The molecular formula is C66H51F2GeIrN3O-2. The van der Waals surface area contributed by atoms with Gasteiger partial charge < -0.3 is 8.98 Å². The van der Waals surface area contributed by atoms with Crippen molar-refractivity contribution in [2.45, 2.75) is 37.0 Å². The topological polar surface area (TPSA) is 43.9 Å². The minimum Gasteiger partial charge on any atom is 0 e. The molecule has 3 aromatic heterocycles. The van der Waals surface area contributed by atoms with Crippen LogP contribution in [0.4, 0.5) is 8.78 Å². The van der Waals surface area contributed by atoms with Gasteiger partial charge in [0, 0.05) is 42.3 Å². The van der Waals surface area contributed by atoms with E-state index in [2.05, 4.69) is 124 Å². The van der Waals surface area contributed by atoms with Crippen molar-refractivity contribution in [3.63, 3.8) is 0 Å². The SMILES string of the molecule is Fc1ccccc1-c1ccc2c(c1)oc1c(-c3nc4ccccc4n3-c3ccc(-c4ccccc4)cc3-c3ccccc3)[c-]cc(-c3ccccc3)c12.[2H]C(C)(C)c1cc(-c2[c-]cc(F)cc2)nc[c]1[Ge]([CH3])([CH3])[CH3].[Ir]. The van der Waals surface area contributed by atoms with Gasteiger partial charge in [0.25, 0.3) is 0 Å². The second-order valence-electron chi connectivity index (χ2n) is 19.4. The summed E-state index contributed by atoms with van der Waals surface area (Å²) in [5.41, 5.74) is 15.2. The van der Waals surface area contributed by atoms with E-state index in [9.17, 15) is 8.78 Å². The van der Waals surface area contributed by atoms with Crippen LogP contribution in [-0.4, -0.2) is 27.8 Å². The number of aromatic nitrogens is 3. The van der Waals surface area contributed by atoms with Gasteiger partial charge in [-0.3, -0.25) is 4.98 Å². The average molecular weight is 1210 g/mol. The Balaban J connectivity index is 0.000000246. The molecule has 0 atom stereocenters. The van der Waals surface area contributed by atoms with Crippen LogP contribution in [0.3, 0.4) is 0 Å². The molecule has 74 heavy (non-hydrogen) atoms. The maximum Gasteiger partial charge on any atom is 0 e. The number of fused-ring (bicyclic) bond motifs is 4. The zero-order chi connectivity index (χ0) is 51.1. The van der Waals surface area contributed by atoms with Gasteiger partial charge in [-0.05, 0) is 64.0 Å². The summed E-state index contributed by atoms with van der Waals surface area (Å²) in [6.45, 7) is 3.80. The monoisotopic (exact) mass is 1210 g/mol. The number of furan rings is 1. The molecule has 0 fully saturated rings. The number of halogens is 2. The molecular weight excluding hydrogens is 1150 g/mol. The third kappa shape index (κ3) is 9.83. The quantitative estimate of drug-likeness (QED) is 0.107. The van der Waals surface area contributed by atoms with Gasteiger partial charge in [0.2, 0.25) is 0 Å². The van der Waals surface area contributed by atoms with E-state index in [-0.39, 0.29) is 31.7 Å². The van der Waals surface area contributed by atoms with E-state index in [0.29, 0.717) is 22.6 Å². The molecule has 4 nitrogen and oxygen atoms in total. The van der Waals surface area contributed by atoms with E-state index < -0.39 is 19.2 Å². The maximum atomic E-state index is 15.0. The number of imidazole rings is 1. The summed E-state index contributed by atoms with van der Waals surface area (Å²) in [7, 11) is 0. The molecule has 0 aliphatic carbocycles. The van der Waals surface area contributed by atoms with Crippen molar-refractivity contribution in [2.24, 2.45) is 0 Å². The summed E-state index contributed by atoms with van der Waals surface area (Å²) in [6.07, 6.45) is 1.91. The molecule has 0 N–H and O–H groups in total. The van der Waals surface area contributed by atoms with Crippen LogP contribution in [-0.2, 0) is 20.1 Å². The Morgan fingerprint density at radius 3 is 1.93 bits per heavy atom. The number of hydrogen-bond donors (Lipinski definition) is 0. The molecule has 0 spiro atoms. The van der Waals surface area contributed by atoms with Crippen LogP contribution >= 0.6 is 0 Å². The largest absolute Gasteiger partial charge is 0 e. The second-order valence-corrected chi connectivity index (χ2v) is 30.0. The van der Waals surface area contributed by atoms with Crippen LogP contribution in [0.1, 0.15) is 26.7 Å². The first-order valence-electron chi connectivity index (χ1n) is 24.9. The minimum absolute atomic E-state index is 0. The third-order valence-electron chi connectivity index (χ3n) is 13.3. The number of benzene rings is 9. The number of nitrogens with zero attached hydrogens (tertiary/aromatic N) is 3. The first-order valence-corrected chi connectivity index (χ1v) is 31.8. The molecule has 0 saturated carbocycles. The van der Waals surface area contributed by atoms with Gasteiger partial charge in [-0.25, -0.2) is 4.39 Å². The molecule has 0 bridgehead atoms. The fourth-order valence-corrected chi connectivity index (χ4v) is 13.0. The summed E-state index contributed by atoms with van der Waals surface area (Å²) in [6, 6.07) is 73.9. The summed E-state index contributed by atoms with van der Waals surface area (Å²) in [5, 5.41) is 1.90. The van der Waals surface area contributed by atoms with Crippen LogP contribution in [0.5, 0.6) is 0 Å². The molecule has 0 aliphatic heterocycles. The second kappa shape index (κ2) is 21.1. The summed E-state index contributed by atoms with van der Waals surface area (Å²) in [4.78, 5) is 9.83. The third-order valence-corrected chi connectivity index (χ3v) is 17.6. The Bertz CT molecular complexity index is 4000. The van der Waals surface area contributed by atoms with E-state index in [0.717, 1.165) is 88.8 Å². The first-order chi connectivity index (χ1) is 35.8. The molecule has 0 saturated heterocycles. The summed E-state index contributed by atoms with van der Waals surface area (Å²) in [5.74, 6) is 6.37. The van der Waals surface area contributed by atoms with Crippen LogP contribution < -0.4 is 4.40 Å². The van der Waals surface area contributed by atoms with E-state index in [4.69, 9.17) is 10.8 Å². The summed E-state index contributed by atoms with van der Waals surface area (Å²) < 4.78 is 46.8. The normalized spacial score (nSPS) is 11.8. The van der Waals surface area contributed by atoms with Gasteiger partial charge in [-0.15, -0.1) is 12.1 Å². The van der Waals surface area contributed by atoms with Gasteiger partial charge in [0.05, 0.1) is 22.4 Å². The number of para-hydroxylation sites is 2. The van der Waals surface area contributed by atoms with Crippen LogP contribution in [0, 0.1) is 23.8 Å².